The van der Waals surface area contributed by atoms with Gasteiger partial charge < -0.3 is 5.32 Å². The number of aryl methyl sites for hydroxylation is 2. The molecule has 0 aliphatic rings. The zero-order valence-electron chi connectivity index (χ0n) is 12.7. The van der Waals surface area contributed by atoms with E-state index >= 15 is 0 Å². The van der Waals surface area contributed by atoms with Gasteiger partial charge in [-0.2, -0.15) is 5.10 Å². The predicted molar refractivity (Wildman–Crippen MR) is 86.9 cm³/mol. The molecular formula is C16H21BrFN3. The fourth-order valence-electron chi connectivity index (χ4n) is 2.53. The Morgan fingerprint density at radius 1 is 1.33 bits per heavy atom. The molecule has 2 aromatic rings. The minimum atomic E-state index is -0.229. The average molecular weight is 354 g/mol. The highest BCUT2D eigenvalue weighted by molar-refractivity contribution is 9.10. The van der Waals surface area contributed by atoms with Crippen LogP contribution in [-0.4, -0.2) is 16.3 Å². The SMILES string of the molecule is CCNC(Cc1ccc(F)c(Br)c1)c1cc(C)nn1CC. The number of nitrogens with zero attached hydrogens (tertiary/aromatic N) is 2. The van der Waals surface area contributed by atoms with Crippen molar-refractivity contribution in [1.29, 1.82) is 0 Å². The molecule has 1 N–H and O–H groups in total. The first-order chi connectivity index (χ1) is 10.0. The summed E-state index contributed by atoms with van der Waals surface area (Å²) < 4.78 is 15.9. The van der Waals surface area contributed by atoms with Gasteiger partial charge in [0.15, 0.2) is 0 Å². The van der Waals surface area contributed by atoms with Crippen LogP contribution in [0, 0.1) is 12.7 Å². The molecule has 0 saturated heterocycles. The highest BCUT2D eigenvalue weighted by Gasteiger charge is 2.17. The van der Waals surface area contributed by atoms with Gasteiger partial charge in [0.2, 0.25) is 0 Å². The summed E-state index contributed by atoms with van der Waals surface area (Å²) in [6, 6.07) is 7.48. The van der Waals surface area contributed by atoms with Crippen molar-refractivity contribution in [3.63, 3.8) is 0 Å². The largest absolute Gasteiger partial charge is 0.309 e. The van der Waals surface area contributed by atoms with E-state index in [0.29, 0.717) is 4.47 Å². The smallest absolute Gasteiger partial charge is 0.137 e. The van der Waals surface area contributed by atoms with Crippen molar-refractivity contribution in [2.24, 2.45) is 0 Å². The zero-order valence-corrected chi connectivity index (χ0v) is 14.2. The van der Waals surface area contributed by atoms with Gasteiger partial charge in [-0.1, -0.05) is 13.0 Å². The van der Waals surface area contributed by atoms with E-state index in [1.807, 2.05) is 23.7 Å². The summed E-state index contributed by atoms with van der Waals surface area (Å²) in [6.45, 7) is 7.91. The van der Waals surface area contributed by atoms with Gasteiger partial charge in [0, 0.05) is 6.54 Å². The van der Waals surface area contributed by atoms with Crippen molar-refractivity contribution in [2.75, 3.05) is 6.54 Å². The van der Waals surface area contributed by atoms with Gasteiger partial charge in [0.05, 0.1) is 21.9 Å². The van der Waals surface area contributed by atoms with Crippen LogP contribution in [0.3, 0.4) is 0 Å². The molecule has 21 heavy (non-hydrogen) atoms. The molecule has 0 bridgehead atoms. The van der Waals surface area contributed by atoms with Crippen LogP contribution < -0.4 is 5.32 Å². The molecule has 0 radical (unpaired) electrons. The second kappa shape index (κ2) is 7.18. The maximum atomic E-state index is 13.4. The van der Waals surface area contributed by atoms with E-state index in [4.69, 9.17) is 0 Å². The Morgan fingerprint density at radius 2 is 2.10 bits per heavy atom. The fourth-order valence-corrected chi connectivity index (χ4v) is 2.96. The Labute approximate surface area is 133 Å². The second-order valence-corrected chi connectivity index (χ2v) is 5.94. The van der Waals surface area contributed by atoms with Crippen molar-refractivity contribution in [2.45, 2.75) is 39.8 Å². The summed E-state index contributed by atoms with van der Waals surface area (Å²) in [7, 11) is 0. The van der Waals surface area contributed by atoms with E-state index in [-0.39, 0.29) is 11.9 Å². The molecule has 1 aromatic carbocycles. The quantitative estimate of drug-likeness (QED) is 0.850. The van der Waals surface area contributed by atoms with Crippen LogP contribution in [0.25, 0.3) is 0 Å². The molecule has 5 heteroatoms. The van der Waals surface area contributed by atoms with Crippen LogP contribution in [-0.2, 0) is 13.0 Å². The third-order valence-corrected chi connectivity index (χ3v) is 4.07. The topological polar surface area (TPSA) is 29.9 Å². The fraction of sp³-hybridized carbons (Fsp3) is 0.438. The molecule has 114 valence electrons. The van der Waals surface area contributed by atoms with Crippen molar-refractivity contribution in [3.8, 4) is 0 Å². The van der Waals surface area contributed by atoms with Gasteiger partial charge in [-0.3, -0.25) is 4.68 Å². The number of aromatic nitrogens is 2. The number of likely N-dealkylation sites (N-methyl/N-ethyl adjacent to an activating group) is 1. The molecule has 0 aliphatic heterocycles. The molecule has 1 heterocycles. The first kappa shape index (κ1) is 16.2. The van der Waals surface area contributed by atoms with Crippen LogP contribution in [0.1, 0.15) is 36.8 Å². The van der Waals surface area contributed by atoms with E-state index in [9.17, 15) is 4.39 Å². The molecule has 0 amide bonds. The lowest BCUT2D eigenvalue weighted by Crippen LogP contribution is -2.25. The number of rotatable bonds is 6. The third kappa shape index (κ3) is 3.92. The molecule has 0 saturated carbocycles. The van der Waals surface area contributed by atoms with Gasteiger partial charge >= 0.3 is 0 Å². The maximum Gasteiger partial charge on any atom is 0.137 e. The summed E-state index contributed by atoms with van der Waals surface area (Å²) >= 11 is 3.25. The van der Waals surface area contributed by atoms with Crippen LogP contribution >= 0.6 is 15.9 Å². The van der Waals surface area contributed by atoms with E-state index in [1.54, 1.807) is 0 Å². The maximum absolute atomic E-state index is 13.4. The Morgan fingerprint density at radius 3 is 2.71 bits per heavy atom. The number of nitrogens with one attached hydrogen (secondary N) is 1. The van der Waals surface area contributed by atoms with Gasteiger partial charge in [0.25, 0.3) is 0 Å². The molecule has 0 spiro atoms. The molecule has 0 fully saturated rings. The summed E-state index contributed by atoms with van der Waals surface area (Å²) in [5.74, 6) is -0.229. The van der Waals surface area contributed by atoms with Crippen molar-refractivity contribution in [1.82, 2.24) is 15.1 Å². The molecule has 0 aliphatic carbocycles. The lowest BCUT2D eigenvalue weighted by atomic mass is 10.0. The highest BCUT2D eigenvalue weighted by atomic mass is 79.9. The molecule has 2 rings (SSSR count). The van der Waals surface area contributed by atoms with Gasteiger partial charge in [-0.05, 0) is 66.5 Å². The number of halogens is 2. The van der Waals surface area contributed by atoms with Crippen molar-refractivity contribution >= 4 is 15.9 Å². The van der Waals surface area contributed by atoms with Crippen LogP contribution in [0.2, 0.25) is 0 Å². The van der Waals surface area contributed by atoms with E-state index < -0.39 is 0 Å². The van der Waals surface area contributed by atoms with Crippen molar-refractivity contribution in [3.05, 3.63) is 51.5 Å². The molecule has 1 unspecified atom stereocenters. The zero-order chi connectivity index (χ0) is 15.4. The first-order valence-electron chi connectivity index (χ1n) is 7.26. The molecule has 1 aromatic heterocycles. The standard InChI is InChI=1S/C16H21BrFN3/c1-4-19-15(16-8-11(3)20-21(16)5-2)10-12-6-7-14(18)13(17)9-12/h6-9,15,19H,4-5,10H2,1-3H3. The van der Waals surface area contributed by atoms with Crippen molar-refractivity contribution < 1.29 is 4.39 Å². The molecule has 3 nitrogen and oxygen atoms in total. The normalized spacial score (nSPS) is 12.6. The summed E-state index contributed by atoms with van der Waals surface area (Å²) in [6.07, 6.45) is 0.803. The monoisotopic (exact) mass is 353 g/mol. The Hall–Kier alpha value is -1.20. The second-order valence-electron chi connectivity index (χ2n) is 5.09. The predicted octanol–water partition coefficient (Wildman–Crippen LogP) is 4.01. The Balaban J connectivity index is 2.27. The number of benzene rings is 1. The summed E-state index contributed by atoms with van der Waals surface area (Å²) in [5, 5.41) is 8.01. The Kier molecular flexibility index (Phi) is 5.53. The van der Waals surface area contributed by atoms with Crippen LogP contribution in [0.15, 0.2) is 28.7 Å². The minimum Gasteiger partial charge on any atom is -0.309 e. The van der Waals surface area contributed by atoms with E-state index in [0.717, 1.165) is 30.8 Å². The highest BCUT2D eigenvalue weighted by Crippen LogP contribution is 2.23. The van der Waals surface area contributed by atoms with Gasteiger partial charge in [-0.15, -0.1) is 0 Å². The first-order valence-corrected chi connectivity index (χ1v) is 8.06. The van der Waals surface area contributed by atoms with Crippen LogP contribution in [0.5, 0.6) is 0 Å². The number of hydrogen-bond donors (Lipinski definition) is 1. The average Bonchev–Trinajstić information content (AvgIpc) is 2.83. The van der Waals surface area contributed by atoms with Gasteiger partial charge in [0.1, 0.15) is 5.82 Å². The number of hydrogen-bond acceptors (Lipinski definition) is 2. The molecule has 1 atom stereocenters. The van der Waals surface area contributed by atoms with E-state index in [1.165, 1.54) is 11.8 Å². The van der Waals surface area contributed by atoms with Crippen LogP contribution in [0.4, 0.5) is 4.39 Å². The lowest BCUT2D eigenvalue weighted by molar-refractivity contribution is 0.489. The lowest BCUT2D eigenvalue weighted by Gasteiger charge is -2.19. The third-order valence-electron chi connectivity index (χ3n) is 3.46. The van der Waals surface area contributed by atoms with E-state index in [2.05, 4.69) is 46.3 Å². The minimum absolute atomic E-state index is 0.175. The Bertz CT molecular complexity index is 610. The van der Waals surface area contributed by atoms with Gasteiger partial charge in [-0.25, -0.2) is 4.39 Å². The molecular weight excluding hydrogens is 333 g/mol. The summed E-state index contributed by atoms with van der Waals surface area (Å²) in [4.78, 5) is 0. The summed E-state index contributed by atoms with van der Waals surface area (Å²) in [5.41, 5.74) is 3.29.